The smallest absolute Gasteiger partial charge is 0.311 e. The summed E-state index contributed by atoms with van der Waals surface area (Å²) in [5.41, 5.74) is 2.89. The number of aromatic nitrogens is 1. The van der Waals surface area contributed by atoms with Crippen molar-refractivity contribution in [3.05, 3.63) is 69.9 Å². The van der Waals surface area contributed by atoms with Gasteiger partial charge < -0.3 is 9.47 Å². The number of piperazine rings is 1. The summed E-state index contributed by atoms with van der Waals surface area (Å²) in [6.07, 6.45) is 0. The number of pyridine rings is 1. The molecule has 8 heteroatoms. The Morgan fingerprint density at radius 3 is 2.56 bits per heavy atom. The van der Waals surface area contributed by atoms with Crippen LogP contribution in [0, 0.1) is 17.0 Å². The molecule has 2 aromatic carbocycles. The third-order valence-corrected chi connectivity index (χ3v) is 5.81. The number of hydrogen-bond donors (Lipinski definition) is 0. The molecule has 8 nitrogen and oxygen atoms in total. The number of nitrogens with zero attached hydrogens (tertiary/aromatic N) is 4. The summed E-state index contributed by atoms with van der Waals surface area (Å²) < 4.78 is 11.2. The molecule has 0 atom stereocenters. The molecule has 1 aliphatic heterocycles. The number of rotatable bonds is 8. The van der Waals surface area contributed by atoms with Gasteiger partial charge in [0.1, 0.15) is 12.4 Å². The molecule has 1 aromatic heterocycles. The quantitative estimate of drug-likeness (QED) is 0.394. The SMILES string of the molecule is COc1ccc(CN2CCN(CCOc3cccc4nc(C)ccc34)CC2)cc1[N+](=O)[O-]. The van der Waals surface area contributed by atoms with Crippen molar-refractivity contribution in [2.75, 3.05) is 46.4 Å². The lowest BCUT2D eigenvalue weighted by atomic mass is 10.1. The molecule has 1 fully saturated rings. The van der Waals surface area contributed by atoms with Crippen molar-refractivity contribution in [1.29, 1.82) is 0 Å². The fourth-order valence-electron chi connectivity index (χ4n) is 4.05. The maximum Gasteiger partial charge on any atom is 0.311 e. The molecule has 0 radical (unpaired) electrons. The summed E-state index contributed by atoms with van der Waals surface area (Å²) in [5, 5.41) is 12.3. The van der Waals surface area contributed by atoms with Crippen molar-refractivity contribution in [3.8, 4) is 11.5 Å². The minimum atomic E-state index is -0.395. The van der Waals surface area contributed by atoms with Gasteiger partial charge in [-0.1, -0.05) is 12.1 Å². The molecule has 0 aliphatic carbocycles. The molecule has 0 amide bonds. The lowest BCUT2D eigenvalue weighted by Crippen LogP contribution is -2.47. The third kappa shape index (κ3) is 5.15. The predicted octanol–water partition coefficient (Wildman–Crippen LogP) is 3.66. The molecule has 0 unspecified atom stereocenters. The van der Waals surface area contributed by atoms with Gasteiger partial charge in [0, 0.05) is 56.4 Å². The molecular formula is C24H28N4O4. The van der Waals surface area contributed by atoms with Crippen LogP contribution in [-0.4, -0.2) is 66.1 Å². The maximum atomic E-state index is 11.2. The van der Waals surface area contributed by atoms with Gasteiger partial charge in [0.2, 0.25) is 0 Å². The molecule has 2 heterocycles. The van der Waals surface area contributed by atoms with Crippen LogP contribution in [0.3, 0.4) is 0 Å². The molecule has 0 saturated carbocycles. The van der Waals surface area contributed by atoms with Crippen molar-refractivity contribution >= 4 is 16.6 Å². The number of methoxy groups -OCH3 is 1. The van der Waals surface area contributed by atoms with Crippen molar-refractivity contribution in [2.45, 2.75) is 13.5 Å². The first-order valence-electron chi connectivity index (χ1n) is 10.8. The second-order valence-corrected chi connectivity index (χ2v) is 8.01. The number of benzene rings is 2. The summed E-state index contributed by atoms with van der Waals surface area (Å²) >= 11 is 0. The Kier molecular flexibility index (Phi) is 6.82. The van der Waals surface area contributed by atoms with E-state index in [1.807, 2.05) is 37.3 Å². The molecule has 4 rings (SSSR count). The summed E-state index contributed by atoms with van der Waals surface area (Å²) in [4.78, 5) is 20.1. The maximum absolute atomic E-state index is 11.2. The highest BCUT2D eigenvalue weighted by atomic mass is 16.6. The van der Waals surface area contributed by atoms with Crippen molar-refractivity contribution < 1.29 is 14.4 Å². The average Bonchev–Trinajstić information content (AvgIpc) is 2.80. The molecule has 0 spiro atoms. The van der Waals surface area contributed by atoms with Gasteiger partial charge in [0.15, 0.2) is 5.75 Å². The van der Waals surface area contributed by atoms with E-state index >= 15 is 0 Å². The van der Waals surface area contributed by atoms with Crippen LogP contribution in [-0.2, 0) is 6.54 Å². The average molecular weight is 437 g/mol. The Morgan fingerprint density at radius 2 is 1.81 bits per heavy atom. The Bertz CT molecular complexity index is 1100. The van der Waals surface area contributed by atoms with Gasteiger partial charge in [-0.3, -0.25) is 24.9 Å². The van der Waals surface area contributed by atoms with Crippen LogP contribution >= 0.6 is 0 Å². The number of aryl methyl sites for hydroxylation is 1. The molecule has 0 bridgehead atoms. The van der Waals surface area contributed by atoms with Crippen LogP contribution in [0.5, 0.6) is 11.5 Å². The summed E-state index contributed by atoms with van der Waals surface area (Å²) in [6, 6.07) is 15.2. The minimum Gasteiger partial charge on any atom is -0.492 e. The zero-order valence-electron chi connectivity index (χ0n) is 18.5. The molecule has 3 aromatic rings. The number of nitro benzene ring substituents is 1. The molecule has 32 heavy (non-hydrogen) atoms. The highest BCUT2D eigenvalue weighted by Crippen LogP contribution is 2.28. The van der Waals surface area contributed by atoms with Gasteiger partial charge in [0.05, 0.1) is 17.5 Å². The number of nitro groups is 1. The first-order chi connectivity index (χ1) is 15.5. The Morgan fingerprint density at radius 1 is 1.03 bits per heavy atom. The van der Waals surface area contributed by atoms with E-state index in [0.29, 0.717) is 18.9 Å². The number of fused-ring (bicyclic) bond motifs is 1. The second-order valence-electron chi connectivity index (χ2n) is 8.01. The van der Waals surface area contributed by atoms with E-state index in [4.69, 9.17) is 9.47 Å². The number of hydrogen-bond acceptors (Lipinski definition) is 7. The highest BCUT2D eigenvalue weighted by molar-refractivity contribution is 5.85. The highest BCUT2D eigenvalue weighted by Gasteiger charge is 2.20. The van der Waals surface area contributed by atoms with Crippen molar-refractivity contribution in [1.82, 2.24) is 14.8 Å². The molecule has 1 saturated heterocycles. The molecule has 168 valence electrons. The van der Waals surface area contributed by atoms with Crippen molar-refractivity contribution in [2.24, 2.45) is 0 Å². The molecular weight excluding hydrogens is 408 g/mol. The van der Waals surface area contributed by atoms with Crippen LogP contribution < -0.4 is 9.47 Å². The van der Waals surface area contributed by atoms with Crippen LogP contribution in [0.15, 0.2) is 48.5 Å². The number of ether oxygens (including phenoxy) is 2. The normalized spacial score (nSPS) is 15.1. The van der Waals surface area contributed by atoms with Gasteiger partial charge >= 0.3 is 5.69 Å². The monoisotopic (exact) mass is 436 g/mol. The van der Waals surface area contributed by atoms with Crippen LogP contribution in [0.4, 0.5) is 5.69 Å². The van der Waals surface area contributed by atoms with E-state index in [2.05, 4.69) is 20.9 Å². The van der Waals surface area contributed by atoms with E-state index < -0.39 is 4.92 Å². The fourth-order valence-corrected chi connectivity index (χ4v) is 4.05. The minimum absolute atomic E-state index is 0.0135. The van der Waals surface area contributed by atoms with Crippen molar-refractivity contribution in [3.63, 3.8) is 0 Å². The first kappa shape index (κ1) is 22.0. The zero-order valence-corrected chi connectivity index (χ0v) is 18.5. The van der Waals surface area contributed by atoms with E-state index in [1.165, 1.54) is 7.11 Å². The van der Waals surface area contributed by atoms with Gasteiger partial charge in [-0.15, -0.1) is 0 Å². The predicted molar refractivity (Wildman–Crippen MR) is 123 cm³/mol. The fraction of sp³-hybridized carbons (Fsp3) is 0.375. The van der Waals surface area contributed by atoms with Gasteiger partial charge in [-0.05, 0) is 42.8 Å². The van der Waals surface area contributed by atoms with E-state index in [9.17, 15) is 10.1 Å². The zero-order chi connectivity index (χ0) is 22.5. The van der Waals surface area contributed by atoms with E-state index in [-0.39, 0.29) is 5.69 Å². The van der Waals surface area contributed by atoms with Crippen LogP contribution in [0.25, 0.3) is 10.9 Å². The third-order valence-electron chi connectivity index (χ3n) is 5.81. The Labute approximate surface area is 187 Å². The van der Waals surface area contributed by atoms with E-state index in [0.717, 1.165) is 60.6 Å². The van der Waals surface area contributed by atoms with Gasteiger partial charge in [0.25, 0.3) is 0 Å². The summed E-state index contributed by atoms with van der Waals surface area (Å²) in [5.74, 6) is 1.16. The molecule has 0 N–H and O–H groups in total. The molecule has 1 aliphatic rings. The lowest BCUT2D eigenvalue weighted by Gasteiger charge is -2.34. The Hall–Kier alpha value is -3.23. The Balaban J connectivity index is 1.26. The standard InChI is InChI=1S/C24H28N4O4/c1-18-6-8-20-21(25-18)4-3-5-23(20)32-15-14-26-10-12-27(13-11-26)17-19-7-9-24(31-2)22(16-19)28(29)30/h3-9,16H,10-15,17H2,1-2H3. The first-order valence-corrected chi connectivity index (χ1v) is 10.8. The van der Waals surface area contributed by atoms with Crippen LogP contribution in [0.1, 0.15) is 11.3 Å². The lowest BCUT2D eigenvalue weighted by molar-refractivity contribution is -0.385. The van der Waals surface area contributed by atoms with Gasteiger partial charge in [-0.2, -0.15) is 0 Å². The van der Waals surface area contributed by atoms with E-state index in [1.54, 1.807) is 12.1 Å². The summed E-state index contributed by atoms with van der Waals surface area (Å²) in [7, 11) is 1.45. The second kappa shape index (κ2) is 9.93. The topological polar surface area (TPSA) is 81.0 Å². The summed E-state index contributed by atoms with van der Waals surface area (Å²) in [6.45, 7) is 7.87. The largest absolute Gasteiger partial charge is 0.492 e. The van der Waals surface area contributed by atoms with Crippen LogP contribution in [0.2, 0.25) is 0 Å². The van der Waals surface area contributed by atoms with Gasteiger partial charge in [-0.25, -0.2) is 0 Å².